The van der Waals surface area contributed by atoms with Gasteiger partial charge in [0.15, 0.2) is 0 Å². The van der Waals surface area contributed by atoms with Crippen molar-refractivity contribution in [2.75, 3.05) is 6.54 Å². The highest BCUT2D eigenvalue weighted by Gasteiger charge is 2.23. The number of amides is 1. The van der Waals surface area contributed by atoms with Gasteiger partial charge in [-0.05, 0) is 12.1 Å². The number of benzene rings is 1. The van der Waals surface area contributed by atoms with Crippen LogP contribution < -0.4 is 10.6 Å². The lowest BCUT2D eigenvalue weighted by Gasteiger charge is -2.11. The zero-order valence-corrected chi connectivity index (χ0v) is 9.92. The summed E-state index contributed by atoms with van der Waals surface area (Å²) in [6.45, 7) is 0.147. The number of esters is 1. The van der Waals surface area contributed by atoms with Crippen molar-refractivity contribution in [1.82, 2.24) is 15.6 Å². The Labute approximate surface area is 108 Å². The Morgan fingerprint density at radius 3 is 3.00 bits per heavy atom. The molecule has 1 saturated heterocycles. The summed E-state index contributed by atoms with van der Waals surface area (Å²) in [6, 6.07) is 9.20. The molecule has 19 heavy (non-hydrogen) atoms. The molecule has 0 radical (unpaired) electrons. The number of nitrogens with one attached hydrogen (secondary N) is 2. The zero-order valence-electron chi connectivity index (χ0n) is 9.92. The van der Waals surface area contributed by atoms with Crippen molar-refractivity contribution in [2.24, 2.45) is 0 Å². The Kier molecular flexibility index (Phi) is 2.85. The molecule has 1 fully saturated rings. The molecule has 1 aromatic heterocycles. The van der Waals surface area contributed by atoms with E-state index in [1.54, 1.807) is 6.07 Å². The molecule has 6 heteroatoms. The molecule has 0 spiro atoms. The Balaban J connectivity index is 1.79. The van der Waals surface area contributed by atoms with Gasteiger partial charge < -0.3 is 10.1 Å². The summed E-state index contributed by atoms with van der Waals surface area (Å²) >= 11 is 0. The van der Waals surface area contributed by atoms with Gasteiger partial charge in [-0.2, -0.15) is 0 Å². The third-order valence-corrected chi connectivity index (χ3v) is 2.79. The minimum Gasteiger partial charge on any atom is -0.424 e. The molecule has 3 rings (SSSR count). The van der Waals surface area contributed by atoms with E-state index in [1.165, 1.54) is 6.20 Å². The van der Waals surface area contributed by atoms with E-state index in [9.17, 15) is 9.59 Å². The third-order valence-electron chi connectivity index (χ3n) is 2.79. The number of aromatic nitrogens is 1. The van der Waals surface area contributed by atoms with Crippen molar-refractivity contribution >= 4 is 22.8 Å². The van der Waals surface area contributed by atoms with Gasteiger partial charge in [-0.25, -0.2) is 4.79 Å². The molecule has 0 bridgehead atoms. The number of para-hydroxylation sites is 1. The monoisotopic (exact) mass is 257 g/mol. The van der Waals surface area contributed by atoms with Gasteiger partial charge in [-0.1, -0.05) is 18.2 Å². The summed E-state index contributed by atoms with van der Waals surface area (Å²) in [5.74, 6) is -0.729. The molecule has 2 aromatic rings. The number of pyridine rings is 1. The maximum atomic E-state index is 11.9. The third kappa shape index (κ3) is 2.38. The van der Waals surface area contributed by atoms with Crippen molar-refractivity contribution in [3.8, 4) is 0 Å². The van der Waals surface area contributed by atoms with Crippen molar-refractivity contribution in [3.63, 3.8) is 0 Å². The van der Waals surface area contributed by atoms with E-state index in [0.29, 0.717) is 5.56 Å². The number of ether oxygens (including phenoxy) is 1. The van der Waals surface area contributed by atoms with Gasteiger partial charge in [0, 0.05) is 11.6 Å². The Morgan fingerprint density at radius 2 is 2.21 bits per heavy atom. The van der Waals surface area contributed by atoms with Crippen LogP contribution in [0.2, 0.25) is 0 Å². The van der Waals surface area contributed by atoms with Crippen LogP contribution in [0.25, 0.3) is 10.9 Å². The van der Waals surface area contributed by atoms with Gasteiger partial charge in [0.1, 0.15) is 0 Å². The lowest BCUT2D eigenvalue weighted by molar-refractivity contribution is -0.119. The number of carbonyl (C=O) groups excluding carboxylic acids is 2. The van der Waals surface area contributed by atoms with Crippen LogP contribution in [0, 0.1) is 0 Å². The summed E-state index contributed by atoms with van der Waals surface area (Å²) in [7, 11) is 0. The first-order valence-electron chi connectivity index (χ1n) is 5.81. The van der Waals surface area contributed by atoms with E-state index in [-0.39, 0.29) is 12.5 Å². The fourth-order valence-electron chi connectivity index (χ4n) is 1.86. The van der Waals surface area contributed by atoms with E-state index in [0.717, 1.165) is 10.9 Å². The van der Waals surface area contributed by atoms with Gasteiger partial charge in [-0.15, -0.1) is 0 Å². The van der Waals surface area contributed by atoms with Crippen LogP contribution in [0.1, 0.15) is 10.4 Å². The van der Waals surface area contributed by atoms with Gasteiger partial charge in [0.2, 0.25) is 12.3 Å². The number of carbonyl (C=O) groups is 2. The number of fused-ring (bicyclic) bond motifs is 1. The van der Waals surface area contributed by atoms with Crippen LogP contribution in [0.3, 0.4) is 0 Å². The first-order valence-corrected chi connectivity index (χ1v) is 5.81. The molecule has 1 aliphatic rings. The van der Waals surface area contributed by atoms with Crippen molar-refractivity contribution in [3.05, 3.63) is 42.1 Å². The SMILES string of the molecule is O=C1CNC(OC(=O)c2cnc3ccccc3c2)N1. The predicted octanol–water partition coefficient (Wildman–Crippen LogP) is 0.395. The van der Waals surface area contributed by atoms with E-state index >= 15 is 0 Å². The van der Waals surface area contributed by atoms with Crippen LogP contribution in [0.5, 0.6) is 0 Å². The maximum absolute atomic E-state index is 11.9. The zero-order chi connectivity index (χ0) is 13.2. The fourth-order valence-corrected chi connectivity index (χ4v) is 1.86. The highest BCUT2D eigenvalue weighted by Crippen LogP contribution is 2.13. The quantitative estimate of drug-likeness (QED) is 0.761. The second-order valence-corrected chi connectivity index (χ2v) is 4.15. The summed E-state index contributed by atoms with van der Waals surface area (Å²) < 4.78 is 5.09. The Bertz CT molecular complexity index is 656. The first kappa shape index (κ1) is 11.6. The molecule has 6 nitrogen and oxygen atoms in total. The second kappa shape index (κ2) is 4.66. The molecule has 0 aliphatic carbocycles. The fraction of sp³-hybridized carbons (Fsp3) is 0.154. The molecule has 1 aliphatic heterocycles. The van der Waals surface area contributed by atoms with E-state index in [1.807, 2.05) is 24.3 Å². The van der Waals surface area contributed by atoms with Crippen LogP contribution in [-0.2, 0) is 9.53 Å². The second-order valence-electron chi connectivity index (χ2n) is 4.15. The molecule has 1 unspecified atom stereocenters. The smallest absolute Gasteiger partial charge is 0.342 e. The molecule has 96 valence electrons. The number of hydrogen-bond donors (Lipinski definition) is 2. The molecule has 2 heterocycles. The topological polar surface area (TPSA) is 80.3 Å². The Hall–Kier alpha value is -2.47. The van der Waals surface area contributed by atoms with E-state index in [2.05, 4.69) is 15.6 Å². The molecule has 2 N–H and O–H groups in total. The van der Waals surface area contributed by atoms with Crippen molar-refractivity contribution < 1.29 is 14.3 Å². The Morgan fingerprint density at radius 1 is 1.37 bits per heavy atom. The maximum Gasteiger partial charge on any atom is 0.342 e. The predicted molar refractivity (Wildman–Crippen MR) is 67.1 cm³/mol. The molecule has 1 amide bonds. The summed E-state index contributed by atoms with van der Waals surface area (Å²) in [5.41, 5.74) is 1.16. The summed E-state index contributed by atoms with van der Waals surface area (Å²) in [6.07, 6.45) is 0.688. The van der Waals surface area contributed by atoms with Crippen LogP contribution in [-0.4, -0.2) is 29.8 Å². The van der Waals surface area contributed by atoms with Crippen LogP contribution >= 0.6 is 0 Å². The van der Waals surface area contributed by atoms with Gasteiger partial charge in [-0.3, -0.25) is 15.1 Å². The molecular weight excluding hydrogens is 246 g/mol. The normalized spacial score (nSPS) is 18.3. The average molecular weight is 257 g/mol. The summed E-state index contributed by atoms with van der Waals surface area (Å²) in [5, 5.41) is 6.06. The number of nitrogens with zero attached hydrogens (tertiary/aromatic N) is 1. The number of hydrogen-bond acceptors (Lipinski definition) is 5. The molecule has 0 saturated carbocycles. The molecule has 1 atom stereocenters. The van der Waals surface area contributed by atoms with E-state index in [4.69, 9.17) is 4.74 Å². The first-order chi connectivity index (χ1) is 9.22. The van der Waals surface area contributed by atoms with Crippen LogP contribution in [0.4, 0.5) is 0 Å². The largest absolute Gasteiger partial charge is 0.424 e. The van der Waals surface area contributed by atoms with E-state index < -0.39 is 12.3 Å². The minimum absolute atomic E-state index is 0.147. The lowest BCUT2D eigenvalue weighted by atomic mass is 10.1. The molecular formula is C13H11N3O3. The average Bonchev–Trinajstić information content (AvgIpc) is 2.83. The van der Waals surface area contributed by atoms with Crippen molar-refractivity contribution in [1.29, 1.82) is 0 Å². The molecule has 1 aromatic carbocycles. The van der Waals surface area contributed by atoms with Gasteiger partial charge >= 0.3 is 5.97 Å². The minimum atomic E-state index is -0.772. The lowest BCUT2D eigenvalue weighted by Crippen LogP contribution is -2.36. The van der Waals surface area contributed by atoms with Gasteiger partial charge in [0.25, 0.3) is 0 Å². The van der Waals surface area contributed by atoms with Crippen molar-refractivity contribution in [2.45, 2.75) is 6.35 Å². The summed E-state index contributed by atoms with van der Waals surface area (Å²) in [4.78, 5) is 27.0. The van der Waals surface area contributed by atoms with Gasteiger partial charge in [0.05, 0.1) is 17.6 Å². The number of rotatable bonds is 2. The highest BCUT2D eigenvalue weighted by atomic mass is 16.6. The van der Waals surface area contributed by atoms with Crippen LogP contribution in [0.15, 0.2) is 36.5 Å². The standard InChI is InChI=1S/C13H11N3O3/c17-11-7-15-13(16-11)19-12(18)9-5-8-3-1-2-4-10(8)14-6-9/h1-6,13,15H,7H2,(H,16,17). The highest BCUT2D eigenvalue weighted by molar-refractivity contribution is 5.94.